The number of ether oxygens (including phenoxy) is 1. The molecular weight excluding hydrogens is 643 g/mol. The van der Waals surface area contributed by atoms with E-state index in [0.29, 0.717) is 32.5 Å². The van der Waals surface area contributed by atoms with Gasteiger partial charge in [0.25, 0.3) is 11.5 Å². The van der Waals surface area contributed by atoms with E-state index in [-0.39, 0.29) is 22.9 Å². The molecule has 0 saturated carbocycles. The number of nitrogens with zero attached hydrogens (tertiary/aromatic N) is 3. The molecule has 38 heavy (non-hydrogen) atoms. The fourth-order valence-electron chi connectivity index (χ4n) is 3.53. The first-order chi connectivity index (χ1) is 17.9. The summed E-state index contributed by atoms with van der Waals surface area (Å²) in [6.45, 7) is 5.55. The molecule has 1 heterocycles. The Morgan fingerprint density at radius 3 is 2.53 bits per heavy atom. The first kappa shape index (κ1) is 27.9. The van der Waals surface area contributed by atoms with Gasteiger partial charge in [0.2, 0.25) is 0 Å². The summed E-state index contributed by atoms with van der Waals surface area (Å²) in [4.78, 5) is 30.3. The Bertz CT molecular complexity index is 1590. The van der Waals surface area contributed by atoms with Gasteiger partial charge in [-0.1, -0.05) is 48.3 Å². The van der Waals surface area contributed by atoms with E-state index < -0.39 is 17.1 Å². The van der Waals surface area contributed by atoms with E-state index in [4.69, 9.17) is 21.3 Å². The molecule has 0 aliphatic rings. The SMILES string of the molecule is CC(C)(C)c1nc2ccc(Br)cc2c(=O)n1N=Cc1cc(Cl)c(OCC(=O)Nc2ccc(F)cc2)c(Br)c1. The minimum Gasteiger partial charge on any atom is -0.481 e. The second kappa shape index (κ2) is 11.3. The molecule has 196 valence electrons. The maximum Gasteiger partial charge on any atom is 0.282 e. The third-order valence-electron chi connectivity index (χ3n) is 5.30. The number of halogens is 4. The number of aromatic nitrogens is 2. The molecule has 0 fully saturated rings. The largest absolute Gasteiger partial charge is 0.481 e. The van der Waals surface area contributed by atoms with E-state index in [1.807, 2.05) is 26.8 Å². The topological polar surface area (TPSA) is 85.6 Å². The van der Waals surface area contributed by atoms with Crippen molar-refractivity contribution in [2.24, 2.45) is 5.10 Å². The molecule has 4 aromatic rings. The monoisotopic (exact) mass is 662 g/mol. The molecule has 1 N–H and O–H groups in total. The number of benzene rings is 3. The Labute approximate surface area is 239 Å². The Hall–Kier alpha value is -3.08. The highest BCUT2D eigenvalue weighted by Gasteiger charge is 2.23. The molecule has 11 heteroatoms. The van der Waals surface area contributed by atoms with Gasteiger partial charge in [0.1, 0.15) is 11.6 Å². The van der Waals surface area contributed by atoms with E-state index in [1.165, 1.54) is 35.2 Å². The van der Waals surface area contributed by atoms with E-state index >= 15 is 0 Å². The Morgan fingerprint density at radius 1 is 1.16 bits per heavy atom. The highest BCUT2D eigenvalue weighted by Crippen LogP contribution is 2.34. The summed E-state index contributed by atoms with van der Waals surface area (Å²) in [6, 6.07) is 14.0. The molecule has 4 rings (SSSR count). The van der Waals surface area contributed by atoms with Crippen molar-refractivity contribution in [3.8, 4) is 5.75 Å². The fraction of sp³-hybridized carbons (Fsp3) is 0.185. The number of fused-ring (bicyclic) bond motifs is 1. The predicted octanol–water partition coefficient (Wildman–Crippen LogP) is 6.91. The van der Waals surface area contributed by atoms with Gasteiger partial charge in [-0.15, -0.1) is 0 Å². The van der Waals surface area contributed by atoms with Crippen molar-refractivity contribution in [3.05, 3.63) is 96.1 Å². The van der Waals surface area contributed by atoms with Gasteiger partial charge >= 0.3 is 0 Å². The molecule has 0 saturated heterocycles. The van der Waals surface area contributed by atoms with Gasteiger partial charge in [-0.05, 0) is 76.1 Å². The molecule has 0 spiro atoms. The lowest BCUT2D eigenvalue weighted by Crippen LogP contribution is -2.29. The molecule has 0 aliphatic carbocycles. The van der Waals surface area contributed by atoms with Crippen LogP contribution in [0.4, 0.5) is 10.1 Å². The normalized spacial score (nSPS) is 11.8. The minimum absolute atomic E-state index is 0.236. The highest BCUT2D eigenvalue weighted by molar-refractivity contribution is 9.10. The van der Waals surface area contributed by atoms with Gasteiger partial charge in [-0.25, -0.2) is 9.37 Å². The number of rotatable bonds is 6. The summed E-state index contributed by atoms with van der Waals surface area (Å²) in [5, 5.41) is 7.74. The van der Waals surface area contributed by atoms with Crippen LogP contribution < -0.4 is 15.6 Å². The van der Waals surface area contributed by atoms with Crippen molar-refractivity contribution in [1.82, 2.24) is 9.66 Å². The fourth-order valence-corrected chi connectivity index (χ4v) is 4.88. The van der Waals surface area contributed by atoms with Crippen molar-refractivity contribution in [1.29, 1.82) is 0 Å². The van der Waals surface area contributed by atoms with Crippen LogP contribution in [-0.4, -0.2) is 28.4 Å². The van der Waals surface area contributed by atoms with Crippen LogP contribution in [0, 0.1) is 5.82 Å². The Kier molecular flexibility index (Phi) is 8.34. The van der Waals surface area contributed by atoms with Crippen molar-refractivity contribution >= 4 is 72.2 Å². The molecule has 0 bridgehead atoms. The summed E-state index contributed by atoms with van der Waals surface area (Å²) >= 11 is 13.3. The van der Waals surface area contributed by atoms with Crippen LogP contribution in [0.1, 0.15) is 32.2 Å². The lowest BCUT2D eigenvalue weighted by Gasteiger charge is -2.20. The lowest BCUT2D eigenvalue weighted by molar-refractivity contribution is -0.118. The minimum atomic E-state index is -0.456. The quantitative estimate of drug-likeness (QED) is 0.227. The number of nitrogens with one attached hydrogen (secondary N) is 1. The zero-order valence-electron chi connectivity index (χ0n) is 20.6. The van der Waals surface area contributed by atoms with Crippen LogP contribution in [0.25, 0.3) is 10.9 Å². The molecule has 0 unspecified atom stereocenters. The highest BCUT2D eigenvalue weighted by atomic mass is 79.9. The van der Waals surface area contributed by atoms with Gasteiger partial charge in [0.05, 0.1) is 26.6 Å². The number of hydrogen-bond acceptors (Lipinski definition) is 5. The summed E-state index contributed by atoms with van der Waals surface area (Å²) in [7, 11) is 0. The van der Waals surface area contributed by atoms with E-state index in [1.54, 1.807) is 24.3 Å². The van der Waals surface area contributed by atoms with Crippen LogP contribution in [0.15, 0.2) is 73.4 Å². The first-order valence-electron chi connectivity index (χ1n) is 11.4. The van der Waals surface area contributed by atoms with Crippen molar-refractivity contribution in [2.75, 3.05) is 11.9 Å². The maximum absolute atomic E-state index is 13.3. The molecule has 7 nitrogen and oxygen atoms in total. The molecule has 0 atom stereocenters. The Morgan fingerprint density at radius 2 is 1.87 bits per heavy atom. The average Bonchev–Trinajstić information content (AvgIpc) is 2.84. The zero-order chi connectivity index (χ0) is 27.6. The van der Waals surface area contributed by atoms with Gasteiger partial charge in [0.15, 0.2) is 12.4 Å². The average molecular weight is 665 g/mol. The van der Waals surface area contributed by atoms with Crippen molar-refractivity contribution in [3.63, 3.8) is 0 Å². The molecule has 1 aromatic heterocycles. The first-order valence-corrected chi connectivity index (χ1v) is 13.3. The number of hydrogen-bond donors (Lipinski definition) is 1. The van der Waals surface area contributed by atoms with E-state index in [0.717, 1.165) is 4.47 Å². The second-order valence-electron chi connectivity index (χ2n) is 9.37. The van der Waals surface area contributed by atoms with Crippen LogP contribution >= 0.6 is 43.5 Å². The Balaban J connectivity index is 1.58. The summed E-state index contributed by atoms with van der Waals surface area (Å²) < 4.78 is 21.2. The molecule has 0 radical (unpaired) electrons. The smallest absolute Gasteiger partial charge is 0.282 e. The maximum atomic E-state index is 13.3. The third-order valence-corrected chi connectivity index (χ3v) is 6.66. The second-order valence-corrected chi connectivity index (χ2v) is 11.5. The third kappa shape index (κ3) is 6.48. The molecular formula is C27H22Br2ClFN4O3. The van der Waals surface area contributed by atoms with Crippen LogP contribution in [0.3, 0.4) is 0 Å². The van der Waals surface area contributed by atoms with Crippen LogP contribution in [0.2, 0.25) is 5.02 Å². The lowest BCUT2D eigenvalue weighted by atomic mass is 9.95. The molecule has 1 amide bonds. The van der Waals surface area contributed by atoms with Crippen molar-refractivity contribution < 1.29 is 13.9 Å². The summed E-state index contributed by atoms with van der Waals surface area (Å²) in [5.74, 6) is -0.0634. The van der Waals surface area contributed by atoms with E-state index in [9.17, 15) is 14.0 Å². The number of amides is 1. The number of anilines is 1. The molecule has 0 aliphatic heterocycles. The summed E-state index contributed by atoms with van der Waals surface area (Å²) in [6.07, 6.45) is 1.50. The van der Waals surface area contributed by atoms with E-state index in [2.05, 4.69) is 42.3 Å². The van der Waals surface area contributed by atoms with Crippen molar-refractivity contribution in [2.45, 2.75) is 26.2 Å². The molecule has 3 aromatic carbocycles. The zero-order valence-corrected chi connectivity index (χ0v) is 24.5. The summed E-state index contributed by atoms with van der Waals surface area (Å²) in [5.41, 5.74) is 0.866. The predicted molar refractivity (Wildman–Crippen MR) is 155 cm³/mol. The van der Waals surface area contributed by atoms with Gasteiger partial charge in [0, 0.05) is 15.6 Å². The van der Waals surface area contributed by atoms with Gasteiger partial charge in [-0.3, -0.25) is 9.59 Å². The van der Waals surface area contributed by atoms with Gasteiger partial charge < -0.3 is 10.1 Å². The van der Waals surface area contributed by atoms with Crippen LogP contribution in [0.5, 0.6) is 5.75 Å². The number of carbonyl (C=O) groups excluding carboxylic acids is 1. The standard InChI is InChI=1S/C27H22Br2ClFN4O3/c1-27(2,3)26-34-22-9-4-16(28)12-19(22)25(37)35(26)32-13-15-10-20(29)24(21(30)11-15)38-14-23(36)33-18-7-5-17(31)6-8-18/h4-13H,14H2,1-3H3,(H,33,36). The van der Waals surface area contributed by atoms with Gasteiger partial charge in [-0.2, -0.15) is 9.78 Å². The van der Waals surface area contributed by atoms with Crippen LogP contribution in [-0.2, 0) is 10.2 Å². The number of carbonyl (C=O) groups is 1.